The van der Waals surface area contributed by atoms with E-state index in [4.69, 9.17) is 0 Å². The van der Waals surface area contributed by atoms with E-state index < -0.39 is 0 Å². The van der Waals surface area contributed by atoms with E-state index in [0.29, 0.717) is 6.04 Å². The molecule has 0 unspecified atom stereocenters. The molecule has 0 aromatic heterocycles. The van der Waals surface area contributed by atoms with Gasteiger partial charge in [-0.3, -0.25) is 10.1 Å². The van der Waals surface area contributed by atoms with Gasteiger partial charge in [-0.25, -0.2) is 0 Å². The molecule has 1 aliphatic carbocycles. The number of nitrogens with one attached hydrogen (secondary N) is 1. The SMILES string of the molecule is CCCC1CCC(Nc2cccc([N+](=O)[O-])c2)CC1. The molecule has 104 valence electrons. The van der Waals surface area contributed by atoms with Crippen LogP contribution in [0, 0.1) is 16.0 Å². The van der Waals surface area contributed by atoms with Gasteiger partial charge in [0.05, 0.1) is 4.92 Å². The van der Waals surface area contributed by atoms with Crippen LogP contribution >= 0.6 is 0 Å². The quantitative estimate of drug-likeness (QED) is 0.633. The number of anilines is 1. The van der Waals surface area contributed by atoms with E-state index in [2.05, 4.69) is 12.2 Å². The zero-order chi connectivity index (χ0) is 13.7. The smallest absolute Gasteiger partial charge is 0.271 e. The molecule has 2 rings (SSSR count). The molecule has 1 fully saturated rings. The van der Waals surface area contributed by atoms with Crippen molar-refractivity contribution in [1.82, 2.24) is 0 Å². The van der Waals surface area contributed by atoms with Gasteiger partial charge in [0.25, 0.3) is 5.69 Å². The van der Waals surface area contributed by atoms with Crippen molar-refractivity contribution in [2.75, 3.05) is 5.32 Å². The lowest BCUT2D eigenvalue weighted by Gasteiger charge is -2.29. The fourth-order valence-electron chi connectivity index (χ4n) is 2.95. The van der Waals surface area contributed by atoms with Gasteiger partial charge >= 0.3 is 0 Å². The van der Waals surface area contributed by atoms with Gasteiger partial charge in [0.2, 0.25) is 0 Å². The van der Waals surface area contributed by atoms with E-state index in [1.165, 1.54) is 44.6 Å². The summed E-state index contributed by atoms with van der Waals surface area (Å²) >= 11 is 0. The third-order valence-corrected chi connectivity index (χ3v) is 3.97. The number of rotatable bonds is 5. The topological polar surface area (TPSA) is 55.2 Å². The first-order valence-electron chi connectivity index (χ1n) is 7.20. The lowest BCUT2D eigenvalue weighted by molar-refractivity contribution is -0.384. The Hall–Kier alpha value is -1.58. The highest BCUT2D eigenvalue weighted by atomic mass is 16.6. The second-order valence-electron chi connectivity index (χ2n) is 5.46. The highest BCUT2D eigenvalue weighted by molar-refractivity contribution is 5.51. The van der Waals surface area contributed by atoms with Crippen LogP contribution in [0.2, 0.25) is 0 Å². The highest BCUT2D eigenvalue weighted by Crippen LogP contribution is 2.30. The van der Waals surface area contributed by atoms with E-state index in [1.54, 1.807) is 12.1 Å². The van der Waals surface area contributed by atoms with Gasteiger partial charge in [0, 0.05) is 23.9 Å². The molecule has 1 N–H and O–H groups in total. The number of benzene rings is 1. The minimum absolute atomic E-state index is 0.157. The first-order valence-corrected chi connectivity index (χ1v) is 7.20. The van der Waals surface area contributed by atoms with Crippen LogP contribution in [0.1, 0.15) is 45.4 Å². The Bertz CT molecular complexity index is 426. The third-order valence-electron chi connectivity index (χ3n) is 3.97. The van der Waals surface area contributed by atoms with E-state index in [9.17, 15) is 10.1 Å². The zero-order valence-corrected chi connectivity index (χ0v) is 11.5. The molecule has 1 aliphatic rings. The van der Waals surface area contributed by atoms with Crippen LogP contribution in [-0.2, 0) is 0 Å². The molecular formula is C15H22N2O2. The Morgan fingerprint density at radius 2 is 2.05 bits per heavy atom. The first kappa shape index (κ1) is 13.8. The Morgan fingerprint density at radius 3 is 2.68 bits per heavy atom. The van der Waals surface area contributed by atoms with Gasteiger partial charge in [-0.2, -0.15) is 0 Å². The largest absolute Gasteiger partial charge is 0.382 e. The van der Waals surface area contributed by atoms with Crippen molar-refractivity contribution in [3.8, 4) is 0 Å². The molecule has 1 aromatic rings. The first-order chi connectivity index (χ1) is 9.19. The molecule has 0 radical (unpaired) electrons. The maximum absolute atomic E-state index is 10.7. The average molecular weight is 262 g/mol. The van der Waals surface area contributed by atoms with E-state index in [-0.39, 0.29) is 10.6 Å². The molecule has 0 heterocycles. The summed E-state index contributed by atoms with van der Waals surface area (Å²) in [7, 11) is 0. The molecule has 0 amide bonds. The predicted molar refractivity (Wildman–Crippen MR) is 77.4 cm³/mol. The summed E-state index contributed by atoms with van der Waals surface area (Å²) in [4.78, 5) is 10.4. The third kappa shape index (κ3) is 3.94. The monoisotopic (exact) mass is 262 g/mol. The minimum Gasteiger partial charge on any atom is -0.382 e. The second kappa shape index (κ2) is 6.55. The predicted octanol–water partition coefficient (Wildman–Crippen LogP) is 4.37. The van der Waals surface area contributed by atoms with Gasteiger partial charge in [-0.15, -0.1) is 0 Å². The van der Waals surface area contributed by atoms with Crippen molar-refractivity contribution in [1.29, 1.82) is 0 Å². The molecule has 19 heavy (non-hydrogen) atoms. The fraction of sp³-hybridized carbons (Fsp3) is 0.600. The molecule has 4 nitrogen and oxygen atoms in total. The summed E-state index contributed by atoms with van der Waals surface area (Å²) < 4.78 is 0. The van der Waals surface area contributed by atoms with Gasteiger partial charge in [-0.1, -0.05) is 25.8 Å². The van der Waals surface area contributed by atoms with Crippen LogP contribution in [0.25, 0.3) is 0 Å². The molecule has 1 saturated carbocycles. The lowest BCUT2D eigenvalue weighted by Crippen LogP contribution is -2.26. The molecule has 0 aliphatic heterocycles. The Labute approximate surface area is 114 Å². The molecule has 0 atom stereocenters. The summed E-state index contributed by atoms with van der Waals surface area (Å²) in [5.41, 5.74) is 1.03. The summed E-state index contributed by atoms with van der Waals surface area (Å²) in [6, 6.07) is 7.27. The fourth-order valence-corrected chi connectivity index (χ4v) is 2.95. The number of nitro benzene ring substituents is 1. The maximum Gasteiger partial charge on any atom is 0.271 e. The van der Waals surface area contributed by atoms with Crippen LogP contribution in [0.4, 0.5) is 11.4 Å². The van der Waals surface area contributed by atoms with Crippen LogP contribution in [0.15, 0.2) is 24.3 Å². The Balaban J connectivity index is 1.88. The molecule has 0 bridgehead atoms. The van der Waals surface area contributed by atoms with E-state index in [0.717, 1.165) is 11.6 Å². The van der Waals surface area contributed by atoms with Gasteiger partial charge in [-0.05, 0) is 37.7 Å². The van der Waals surface area contributed by atoms with Crippen molar-refractivity contribution in [3.05, 3.63) is 34.4 Å². The van der Waals surface area contributed by atoms with Gasteiger partial charge in [0.1, 0.15) is 0 Å². The molecule has 4 heteroatoms. The maximum atomic E-state index is 10.7. The Morgan fingerprint density at radius 1 is 1.32 bits per heavy atom. The number of nitro groups is 1. The van der Waals surface area contributed by atoms with Crippen molar-refractivity contribution < 1.29 is 4.92 Å². The summed E-state index contributed by atoms with van der Waals surface area (Å²) in [6.45, 7) is 2.24. The van der Waals surface area contributed by atoms with Gasteiger partial charge < -0.3 is 5.32 Å². The number of hydrogen-bond donors (Lipinski definition) is 1. The van der Waals surface area contributed by atoms with Gasteiger partial charge in [0.15, 0.2) is 0 Å². The normalized spacial score (nSPS) is 23.0. The van der Waals surface area contributed by atoms with Crippen LogP contribution in [0.3, 0.4) is 0 Å². The second-order valence-corrected chi connectivity index (χ2v) is 5.46. The average Bonchev–Trinajstić information content (AvgIpc) is 2.42. The Kier molecular flexibility index (Phi) is 4.77. The summed E-state index contributed by atoms with van der Waals surface area (Å²) in [5.74, 6) is 0.883. The summed E-state index contributed by atoms with van der Waals surface area (Å²) in [5, 5.41) is 14.2. The zero-order valence-electron chi connectivity index (χ0n) is 11.5. The van der Waals surface area contributed by atoms with Crippen LogP contribution < -0.4 is 5.32 Å². The van der Waals surface area contributed by atoms with Crippen molar-refractivity contribution in [3.63, 3.8) is 0 Å². The van der Waals surface area contributed by atoms with Crippen LogP contribution in [0.5, 0.6) is 0 Å². The molecular weight excluding hydrogens is 240 g/mol. The van der Waals surface area contributed by atoms with Crippen molar-refractivity contribution >= 4 is 11.4 Å². The molecule has 0 spiro atoms. The van der Waals surface area contributed by atoms with E-state index in [1.807, 2.05) is 6.07 Å². The standard InChI is InChI=1S/C15H22N2O2/c1-2-4-12-7-9-13(10-8-12)16-14-5-3-6-15(11-14)17(18)19/h3,5-6,11-13,16H,2,4,7-10H2,1H3. The number of non-ortho nitro benzene ring substituents is 1. The molecule has 0 saturated heterocycles. The van der Waals surface area contributed by atoms with E-state index >= 15 is 0 Å². The summed E-state index contributed by atoms with van der Waals surface area (Å²) in [6.07, 6.45) is 7.51. The number of nitrogens with zero attached hydrogens (tertiary/aromatic N) is 1. The van der Waals surface area contributed by atoms with Crippen molar-refractivity contribution in [2.24, 2.45) is 5.92 Å². The van der Waals surface area contributed by atoms with Crippen LogP contribution in [-0.4, -0.2) is 11.0 Å². The lowest BCUT2D eigenvalue weighted by atomic mass is 9.83. The molecule has 1 aromatic carbocycles. The number of hydrogen-bond acceptors (Lipinski definition) is 3. The minimum atomic E-state index is -0.344. The van der Waals surface area contributed by atoms with Crippen molar-refractivity contribution in [2.45, 2.75) is 51.5 Å². The highest BCUT2D eigenvalue weighted by Gasteiger charge is 2.20.